The van der Waals surface area contributed by atoms with Crippen molar-refractivity contribution in [3.63, 3.8) is 0 Å². The van der Waals surface area contributed by atoms with Gasteiger partial charge < -0.3 is 4.98 Å². The molecule has 104 valence electrons. The largest absolute Gasteiger partial charge is 0.360 e. The number of rotatable bonds is 6. The fourth-order valence-electron chi connectivity index (χ4n) is 2.59. The number of fused-ring (bicyclic) bond motifs is 1. The molecule has 0 saturated carbocycles. The van der Waals surface area contributed by atoms with Crippen molar-refractivity contribution in [2.45, 2.75) is 39.5 Å². The molecule has 0 aliphatic carbocycles. The molecule has 0 spiro atoms. The first kappa shape index (κ1) is 14.3. The molecule has 0 bridgehead atoms. The fourth-order valence-corrected chi connectivity index (χ4v) is 2.59. The molecule has 1 heterocycles. The summed E-state index contributed by atoms with van der Waals surface area (Å²) in [5.74, 6) is 0.321. The number of nitriles is 1. The van der Waals surface area contributed by atoms with Crippen molar-refractivity contribution in [3.8, 4) is 6.07 Å². The van der Waals surface area contributed by atoms with Crippen LogP contribution in [0.25, 0.3) is 10.9 Å². The zero-order chi connectivity index (χ0) is 14.5. The van der Waals surface area contributed by atoms with Crippen LogP contribution in [-0.4, -0.2) is 10.8 Å². The number of ketones is 1. The molecule has 1 N–H and O–H groups in total. The van der Waals surface area contributed by atoms with Crippen molar-refractivity contribution in [1.29, 1.82) is 5.26 Å². The van der Waals surface area contributed by atoms with Crippen molar-refractivity contribution in [1.82, 2.24) is 4.98 Å². The molecule has 20 heavy (non-hydrogen) atoms. The predicted octanol–water partition coefficient (Wildman–Crippen LogP) is 4.44. The van der Waals surface area contributed by atoms with Gasteiger partial charge in [0.1, 0.15) is 0 Å². The molecule has 0 aliphatic rings. The van der Waals surface area contributed by atoms with Gasteiger partial charge in [0.05, 0.1) is 11.6 Å². The molecule has 0 radical (unpaired) electrons. The number of hydrogen-bond donors (Lipinski definition) is 1. The summed E-state index contributed by atoms with van der Waals surface area (Å²) in [6, 6.07) is 7.53. The average Bonchev–Trinajstić information content (AvgIpc) is 2.90. The van der Waals surface area contributed by atoms with Gasteiger partial charge in [-0.25, -0.2) is 0 Å². The van der Waals surface area contributed by atoms with E-state index in [2.05, 4.69) is 24.9 Å². The van der Waals surface area contributed by atoms with E-state index in [1.54, 1.807) is 18.3 Å². The van der Waals surface area contributed by atoms with Gasteiger partial charge in [0.25, 0.3) is 0 Å². The molecule has 0 amide bonds. The monoisotopic (exact) mass is 268 g/mol. The van der Waals surface area contributed by atoms with Gasteiger partial charge in [-0.1, -0.05) is 32.8 Å². The van der Waals surface area contributed by atoms with Crippen LogP contribution in [0.4, 0.5) is 0 Å². The third-order valence-corrected chi connectivity index (χ3v) is 3.85. The van der Waals surface area contributed by atoms with Gasteiger partial charge in [0, 0.05) is 28.6 Å². The quantitative estimate of drug-likeness (QED) is 0.787. The highest BCUT2D eigenvalue weighted by atomic mass is 16.1. The second-order valence-electron chi connectivity index (χ2n) is 5.19. The van der Waals surface area contributed by atoms with Crippen molar-refractivity contribution in [2.24, 2.45) is 5.92 Å². The maximum atomic E-state index is 12.6. The van der Waals surface area contributed by atoms with Gasteiger partial charge in [-0.2, -0.15) is 5.26 Å². The van der Waals surface area contributed by atoms with Crippen LogP contribution in [-0.2, 0) is 0 Å². The molecule has 1 aromatic carbocycles. The number of carbonyl (C=O) groups excluding carboxylic acids is 1. The van der Waals surface area contributed by atoms with E-state index in [4.69, 9.17) is 5.26 Å². The Morgan fingerprint density at radius 3 is 2.85 bits per heavy atom. The van der Waals surface area contributed by atoms with Crippen molar-refractivity contribution < 1.29 is 4.79 Å². The number of carbonyl (C=O) groups is 1. The molecular weight excluding hydrogens is 248 g/mol. The number of Topliss-reactive ketones (excluding diaryl/α,β-unsaturated/α-hetero) is 1. The van der Waals surface area contributed by atoms with Crippen molar-refractivity contribution in [3.05, 3.63) is 35.5 Å². The lowest BCUT2D eigenvalue weighted by molar-refractivity contribution is 0.0910. The second kappa shape index (κ2) is 6.38. The van der Waals surface area contributed by atoms with Gasteiger partial charge in [-0.3, -0.25) is 4.79 Å². The first-order valence-corrected chi connectivity index (χ1v) is 7.26. The van der Waals surface area contributed by atoms with Gasteiger partial charge in [-0.05, 0) is 25.0 Å². The summed E-state index contributed by atoms with van der Waals surface area (Å²) >= 11 is 0. The Hall–Kier alpha value is -2.08. The zero-order valence-corrected chi connectivity index (χ0v) is 12.1. The van der Waals surface area contributed by atoms with E-state index in [0.717, 1.165) is 42.1 Å². The molecule has 2 aromatic rings. The number of H-pyrrole nitrogens is 1. The van der Waals surface area contributed by atoms with E-state index in [1.807, 2.05) is 6.07 Å². The van der Waals surface area contributed by atoms with Gasteiger partial charge >= 0.3 is 0 Å². The van der Waals surface area contributed by atoms with Gasteiger partial charge in [-0.15, -0.1) is 0 Å². The summed E-state index contributed by atoms with van der Waals surface area (Å²) < 4.78 is 0. The Kier molecular flexibility index (Phi) is 4.57. The molecular formula is C17H20N2O. The standard InChI is InChI=1S/C17H20N2O/c1-3-5-6-13(4-2)17(20)15-11-19-16-9-12(10-18)7-8-14(15)16/h7-9,11,13,19H,3-6H2,1-2H3. The van der Waals surface area contributed by atoms with Crippen LogP contribution in [0, 0.1) is 17.2 Å². The number of nitrogens with zero attached hydrogens (tertiary/aromatic N) is 1. The fraction of sp³-hybridized carbons (Fsp3) is 0.412. The van der Waals surface area contributed by atoms with Crippen LogP contribution >= 0.6 is 0 Å². The minimum absolute atomic E-state index is 0.101. The van der Waals surface area contributed by atoms with Gasteiger partial charge in [0.2, 0.25) is 0 Å². The normalized spacial score (nSPS) is 12.2. The first-order valence-electron chi connectivity index (χ1n) is 7.26. The lowest BCUT2D eigenvalue weighted by atomic mass is 9.90. The highest BCUT2D eigenvalue weighted by Gasteiger charge is 2.20. The van der Waals surface area contributed by atoms with Crippen LogP contribution in [0.1, 0.15) is 55.5 Å². The van der Waals surface area contributed by atoms with Crippen LogP contribution < -0.4 is 0 Å². The van der Waals surface area contributed by atoms with Crippen LogP contribution in [0.15, 0.2) is 24.4 Å². The van der Waals surface area contributed by atoms with E-state index in [9.17, 15) is 4.79 Å². The number of benzene rings is 1. The van der Waals surface area contributed by atoms with E-state index in [0.29, 0.717) is 5.56 Å². The number of aromatic amines is 1. The molecule has 0 saturated heterocycles. The maximum absolute atomic E-state index is 12.6. The zero-order valence-electron chi connectivity index (χ0n) is 12.1. The number of hydrogen-bond acceptors (Lipinski definition) is 2. The minimum Gasteiger partial charge on any atom is -0.360 e. The smallest absolute Gasteiger partial charge is 0.168 e. The molecule has 3 heteroatoms. The maximum Gasteiger partial charge on any atom is 0.168 e. The summed E-state index contributed by atoms with van der Waals surface area (Å²) in [5.41, 5.74) is 2.22. The number of aromatic nitrogens is 1. The Morgan fingerprint density at radius 2 is 2.20 bits per heavy atom. The highest BCUT2D eigenvalue weighted by Crippen LogP contribution is 2.25. The minimum atomic E-state index is 0.101. The first-order chi connectivity index (χ1) is 9.71. The lowest BCUT2D eigenvalue weighted by Crippen LogP contribution is -2.13. The summed E-state index contributed by atoms with van der Waals surface area (Å²) in [4.78, 5) is 15.7. The molecule has 1 atom stereocenters. The molecule has 1 unspecified atom stereocenters. The van der Waals surface area contributed by atoms with Crippen molar-refractivity contribution >= 4 is 16.7 Å². The SMILES string of the molecule is CCCCC(CC)C(=O)c1c[nH]c2cc(C#N)ccc12. The average molecular weight is 268 g/mol. The van der Waals surface area contributed by atoms with Crippen LogP contribution in [0.2, 0.25) is 0 Å². The Morgan fingerprint density at radius 1 is 1.40 bits per heavy atom. The summed E-state index contributed by atoms with van der Waals surface area (Å²) in [5, 5.41) is 9.83. The Bertz CT molecular complexity index is 649. The molecule has 0 aliphatic heterocycles. The second-order valence-corrected chi connectivity index (χ2v) is 5.19. The molecule has 2 rings (SSSR count). The van der Waals surface area contributed by atoms with Gasteiger partial charge in [0.15, 0.2) is 5.78 Å². The summed E-state index contributed by atoms with van der Waals surface area (Å²) in [6.45, 7) is 4.22. The summed E-state index contributed by atoms with van der Waals surface area (Å²) in [6.07, 6.45) is 5.81. The van der Waals surface area contributed by atoms with Crippen LogP contribution in [0.5, 0.6) is 0 Å². The number of unbranched alkanes of at least 4 members (excludes halogenated alkanes) is 1. The van der Waals surface area contributed by atoms with Crippen molar-refractivity contribution in [2.75, 3.05) is 0 Å². The Labute approximate surface area is 119 Å². The third-order valence-electron chi connectivity index (χ3n) is 3.85. The predicted molar refractivity (Wildman–Crippen MR) is 80.7 cm³/mol. The molecule has 0 fully saturated rings. The topological polar surface area (TPSA) is 56.6 Å². The van der Waals surface area contributed by atoms with E-state index >= 15 is 0 Å². The van der Waals surface area contributed by atoms with Crippen LogP contribution in [0.3, 0.4) is 0 Å². The van der Waals surface area contributed by atoms with E-state index < -0.39 is 0 Å². The molecule has 3 nitrogen and oxygen atoms in total. The highest BCUT2D eigenvalue weighted by molar-refractivity contribution is 6.09. The Balaban J connectivity index is 2.32. The third kappa shape index (κ3) is 2.75. The number of nitrogens with one attached hydrogen (secondary N) is 1. The van der Waals surface area contributed by atoms with E-state index in [1.165, 1.54) is 0 Å². The molecule has 1 aromatic heterocycles. The van der Waals surface area contributed by atoms with E-state index in [-0.39, 0.29) is 11.7 Å². The summed E-state index contributed by atoms with van der Waals surface area (Å²) in [7, 11) is 0. The lowest BCUT2D eigenvalue weighted by Gasteiger charge is -2.12.